The van der Waals surface area contributed by atoms with Crippen LogP contribution in [0.3, 0.4) is 0 Å². The highest BCUT2D eigenvalue weighted by Gasteiger charge is 2.34. The number of nitrogens with one attached hydrogen (secondary N) is 1. The molecular weight excluding hydrogens is 296 g/mol. The van der Waals surface area contributed by atoms with Crippen LogP contribution in [0.1, 0.15) is 18.4 Å². The van der Waals surface area contributed by atoms with Gasteiger partial charge in [-0.25, -0.2) is 0 Å². The zero-order chi connectivity index (χ0) is 16.2. The van der Waals surface area contributed by atoms with Crippen LogP contribution in [0.25, 0.3) is 0 Å². The number of hydrogen-bond donors (Lipinski definition) is 1. The number of hydrogen-bond acceptors (Lipinski definition) is 5. The molecule has 0 aromatic heterocycles. The standard InChI is InChI=1S/C17H24N2O4/c1-19-11-13(21-2)9-14(19)17(20)18-10-12-5-3-6-15-16(12)23-8-4-7-22-15/h3,5-6,13-14H,4,7-11H2,1-2H3,(H,18,20)/t13-,14-/m0/s1. The van der Waals surface area contributed by atoms with Crippen molar-refractivity contribution in [2.24, 2.45) is 0 Å². The number of carbonyl (C=O) groups excluding carboxylic acids is 1. The van der Waals surface area contributed by atoms with Gasteiger partial charge in [0.2, 0.25) is 5.91 Å². The number of ether oxygens (including phenoxy) is 3. The molecule has 1 saturated heterocycles. The predicted molar refractivity (Wildman–Crippen MR) is 85.7 cm³/mol. The van der Waals surface area contributed by atoms with Crippen molar-refractivity contribution in [2.45, 2.75) is 31.5 Å². The molecule has 2 atom stereocenters. The predicted octanol–water partition coefficient (Wildman–Crippen LogP) is 1.18. The second-order valence-corrected chi connectivity index (χ2v) is 6.06. The van der Waals surface area contributed by atoms with E-state index in [0.29, 0.717) is 19.8 Å². The number of rotatable bonds is 4. The summed E-state index contributed by atoms with van der Waals surface area (Å²) in [6.07, 6.45) is 1.72. The molecule has 2 aliphatic rings. The lowest BCUT2D eigenvalue weighted by molar-refractivity contribution is -0.125. The van der Waals surface area contributed by atoms with Crippen LogP contribution >= 0.6 is 0 Å². The fourth-order valence-corrected chi connectivity index (χ4v) is 3.12. The molecule has 0 spiro atoms. The molecule has 6 heteroatoms. The Morgan fingerprint density at radius 2 is 2.22 bits per heavy atom. The van der Waals surface area contributed by atoms with Crippen molar-refractivity contribution < 1.29 is 19.0 Å². The van der Waals surface area contributed by atoms with E-state index in [0.717, 1.165) is 36.4 Å². The maximum atomic E-state index is 12.4. The van der Waals surface area contributed by atoms with E-state index >= 15 is 0 Å². The number of fused-ring (bicyclic) bond motifs is 1. The third-order valence-corrected chi connectivity index (χ3v) is 4.45. The fourth-order valence-electron chi connectivity index (χ4n) is 3.12. The molecule has 1 aromatic carbocycles. The molecule has 23 heavy (non-hydrogen) atoms. The summed E-state index contributed by atoms with van der Waals surface area (Å²) in [6.45, 7) is 2.52. The van der Waals surface area contributed by atoms with Gasteiger partial charge in [0, 0.05) is 32.2 Å². The summed E-state index contributed by atoms with van der Waals surface area (Å²) in [4.78, 5) is 14.5. The first-order chi connectivity index (χ1) is 11.2. The number of amides is 1. The lowest BCUT2D eigenvalue weighted by Gasteiger charge is -2.19. The van der Waals surface area contributed by atoms with E-state index < -0.39 is 0 Å². The zero-order valence-electron chi connectivity index (χ0n) is 13.7. The van der Waals surface area contributed by atoms with E-state index in [1.165, 1.54) is 0 Å². The molecule has 0 bridgehead atoms. The van der Waals surface area contributed by atoms with Gasteiger partial charge in [-0.3, -0.25) is 9.69 Å². The fraction of sp³-hybridized carbons (Fsp3) is 0.588. The highest BCUT2D eigenvalue weighted by Crippen LogP contribution is 2.33. The molecule has 3 rings (SSSR count). The molecule has 126 valence electrons. The van der Waals surface area contributed by atoms with Crippen LogP contribution in [0.2, 0.25) is 0 Å². The van der Waals surface area contributed by atoms with Gasteiger partial charge in [0.15, 0.2) is 11.5 Å². The van der Waals surface area contributed by atoms with Gasteiger partial charge < -0.3 is 19.5 Å². The number of likely N-dealkylation sites (N-methyl/N-ethyl adjacent to an activating group) is 1. The first kappa shape index (κ1) is 16.1. The van der Waals surface area contributed by atoms with Crippen molar-refractivity contribution in [3.63, 3.8) is 0 Å². The molecule has 1 amide bonds. The number of benzene rings is 1. The van der Waals surface area contributed by atoms with Gasteiger partial charge in [0.1, 0.15) is 0 Å². The van der Waals surface area contributed by atoms with Crippen LogP contribution in [-0.2, 0) is 16.1 Å². The van der Waals surface area contributed by atoms with Gasteiger partial charge in [-0.2, -0.15) is 0 Å². The number of methoxy groups -OCH3 is 1. The van der Waals surface area contributed by atoms with Crippen molar-refractivity contribution in [3.05, 3.63) is 23.8 Å². The van der Waals surface area contributed by atoms with Crippen molar-refractivity contribution in [1.82, 2.24) is 10.2 Å². The Balaban J connectivity index is 1.63. The van der Waals surface area contributed by atoms with Crippen LogP contribution in [0.15, 0.2) is 18.2 Å². The van der Waals surface area contributed by atoms with Gasteiger partial charge in [0.25, 0.3) is 0 Å². The normalized spacial score (nSPS) is 24.3. The summed E-state index contributed by atoms with van der Waals surface area (Å²) in [7, 11) is 3.64. The van der Waals surface area contributed by atoms with Crippen molar-refractivity contribution in [1.29, 1.82) is 0 Å². The first-order valence-corrected chi connectivity index (χ1v) is 8.07. The largest absolute Gasteiger partial charge is 0.490 e. The maximum absolute atomic E-state index is 12.4. The summed E-state index contributed by atoms with van der Waals surface area (Å²) in [5, 5.41) is 3.01. The van der Waals surface area contributed by atoms with Gasteiger partial charge >= 0.3 is 0 Å². The average Bonchev–Trinajstić information content (AvgIpc) is 2.78. The molecule has 1 fully saturated rings. The summed E-state index contributed by atoms with van der Waals surface area (Å²) < 4.78 is 16.8. The van der Waals surface area contributed by atoms with Crippen LogP contribution in [0, 0.1) is 0 Å². The summed E-state index contributed by atoms with van der Waals surface area (Å²) in [5.41, 5.74) is 0.946. The lowest BCUT2D eigenvalue weighted by atomic mass is 10.1. The second-order valence-electron chi connectivity index (χ2n) is 6.06. The number of likely N-dealkylation sites (tertiary alicyclic amines) is 1. The third-order valence-electron chi connectivity index (χ3n) is 4.45. The van der Waals surface area contributed by atoms with E-state index in [4.69, 9.17) is 14.2 Å². The Kier molecular flexibility index (Phi) is 5.03. The number of carbonyl (C=O) groups is 1. The molecular formula is C17H24N2O4. The van der Waals surface area contributed by atoms with E-state index in [2.05, 4.69) is 5.32 Å². The molecule has 1 N–H and O–H groups in total. The topological polar surface area (TPSA) is 60.0 Å². The van der Waals surface area contributed by atoms with E-state index in [1.54, 1.807) is 7.11 Å². The number of para-hydroxylation sites is 1. The summed E-state index contributed by atoms with van der Waals surface area (Å²) in [5.74, 6) is 1.53. The quantitative estimate of drug-likeness (QED) is 0.903. The zero-order valence-corrected chi connectivity index (χ0v) is 13.7. The highest BCUT2D eigenvalue weighted by atomic mass is 16.5. The van der Waals surface area contributed by atoms with Crippen LogP contribution in [0.5, 0.6) is 11.5 Å². The Labute approximate surface area is 136 Å². The third kappa shape index (κ3) is 3.59. The molecule has 0 radical (unpaired) electrons. The molecule has 0 unspecified atom stereocenters. The second kappa shape index (κ2) is 7.19. The smallest absolute Gasteiger partial charge is 0.237 e. The minimum atomic E-state index is -0.139. The first-order valence-electron chi connectivity index (χ1n) is 8.07. The van der Waals surface area contributed by atoms with Gasteiger partial charge in [0.05, 0.1) is 25.4 Å². The highest BCUT2D eigenvalue weighted by molar-refractivity contribution is 5.82. The van der Waals surface area contributed by atoms with Crippen molar-refractivity contribution in [3.8, 4) is 11.5 Å². The van der Waals surface area contributed by atoms with Gasteiger partial charge in [-0.05, 0) is 19.5 Å². The minimum Gasteiger partial charge on any atom is -0.490 e. The SMILES string of the molecule is CO[C@H]1C[C@@H](C(=O)NCc2cccc3c2OCCCO3)N(C)C1. The minimum absolute atomic E-state index is 0.0270. The van der Waals surface area contributed by atoms with Crippen molar-refractivity contribution in [2.75, 3.05) is 33.9 Å². The number of nitrogens with zero attached hydrogens (tertiary/aromatic N) is 1. The molecule has 0 aliphatic carbocycles. The van der Waals surface area contributed by atoms with Crippen LogP contribution in [-0.4, -0.2) is 56.9 Å². The van der Waals surface area contributed by atoms with E-state index in [1.807, 2.05) is 30.1 Å². The van der Waals surface area contributed by atoms with Gasteiger partial charge in [-0.1, -0.05) is 12.1 Å². The molecule has 1 aromatic rings. The maximum Gasteiger partial charge on any atom is 0.237 e. The summed E-state index contributed by atoms with van der Waals surface area (Å²) >= 11 is 0. The molecule has 0 saturated carbocycles. The lowest BCUT2D eigenvalue weighted by Crippen LogP contribution is -2.41. The van der Waals surface area contributed by atoms with E-state index in [-0.39, 0.29) is 18.1 Å². The molecule has 6 nitrogen and oxygen atoms in total. The Morgan fingerprint density at radius 3 is 3.00 bits per heavy atom. The Bertz CT molecular complexity index is 564. The van der Waals surface area contributed by atoms with Crippen LogP contribution in [0.4, 0.5) is 0 Å². The van der Waals surface area contributed by atoms with Gasteiger partial charge in [-0.15, -0.1) is 0 Å². The Hall–Kier alpha value is -1.79. The molecule has 2 aliphatic heterocycles. The molecule has 2 heterocycles. The van der Waals surface area contributed by atoms with E-state index in [9.17, 15) is 4.79 Å². The average molecular weight is 320 g/mol. The Morgan fingerprint density at radius 1 is 1.39 bits per heavy atom. The van der Waals surface area contributed by atoms with Crippen LogP contribution < -0.4 is 14.8 Å². The monoisotopic (exact) mass is 320 g/mol. The van der Waals surface area contributed by atoms with Crippen molar-refractivity contribution >= 4 is 5.91 Å². The summed E-state index contributed by atoms with van der Waals surface area (Å²) in [6, 6.07) is 5.65.